The average molecular weight is 593 g/mol. The SMILES string of the molecule is O=S(=O)(Nc1cccc(C(F)(F)F)c1)c1ccc2c(c1)[C@H]1C=CC[C@H]1[C@@H](c1cc3c(cc1Br)OCO3)N2. The number of fused-ring (bicyclic) bond motifs is 4. The van der Waals surface area contributed by atoms with Gasteiger partial charge in [-0.1, -0.05) is 34.1 Å². The van der Waals surface area contributed by atoms with Gasteiger partial charge >= 0.3 is 6.18 Å². The molecule has 192 valence electrons. The molecule has 37 heavy (non-hydrogen) atoms. The van der Waals surface area contributed by atoms with Crippen molar-refractivity contribution < 1.29 is 31.1 Å². The zero-order valence-corrected chi connectivity index (χ0v) is 21.5. The fourth-order valence-corrected chi connectivity index (χ4v) is 6.85. The van der Waals surface area contributed by atoms with Gasteiger partial charge in [0.1, 0.15) is 0 Å². The molecule has 0 bridgehead atoms. The number of allylic oxidation sites excluding steroid dienone is 2. The summed E-state index contributed by atoms with van der Waals surface area (Å²) < 4.78 is 79.7. The zero-order valence-electron chi connectivity index (χ0n) is 19.1. The van der Waals surface area contributed by atoms with Crippen LogP contribution in [0.2, 0.25) is 0 Å². The van der Waals surface area contributed by atoms with Gasteiger partial charge < -0.3 is 14.8 Å². The second-order valence-corrected chi connectivity index (χ2v) is 11.7. The highest BCUT2D eigenvalue weighted by Crippen LogP contribution is 2.52. The van der Waals surface area contributed by atoms with Gasteiger partial charge in [-0.15, -0.1) is 0 Å². The molecule has 3 aromatic carbocycles. The van der Waals surface area contributed by atoms with E-state index in [2.05, 4.69) is 38.1 Å². The first-order chi connectivity index (χ1) is 17.6. The van der Waals surface area contributed by atoms with E-state index in [0.717, 1.165) is 39.8 Å². The van der Waals surface area contributed by atoms with Crippen LogP contribution in [0.5, 0.6) is 11.5 Å². The zero-order chi connectivity index (χ0) is 25.9. The smallest absolute Gasteiger partial charge is 0.416 e. The van der Waals surface area contributed by atoms with Crippen molar-refractivity contribution in [3.8, 4) is 11.5 Å². The predicted octanol–water partition coefficient (Wildman–Crippen LogP) is 6.82. The Kier molecular flexibility index (Phi) is 5.68. The molecule has 0 unspecified atom stereocenters. The van der Waals surface area contributed by atoms with Crippen LogP contribution < -0.4 is 19.5 Å². The third-order valence-electron chi connectivity index (χ3n) is 6.91. The largest absolute Gasteiger partial charge is 0.454 e. The quantitative estimate of drug-likeness (QED) is 0.325. The maximum absolute atomic E-state index is 13.1. The summed E-state index contributed by atoms with van der Waals surface area (Å²) in [6, 6.07) is 12.7. The summed E-state index contributed by atoms with van der Waals surface area (Å²) in [5.74, 6) is 1.44. The molecule has 6 rings (SSSR count). The maximum atomic E-state index is 13.1. The number of alkyl halides is 3. The summed E-state index contributed by atoms with van der Waals surface area (Å²) in [5, 5.41) is 3.56. The average Bonchev–Trinajstić information content (AvgIpc) is 3.52. The van der Waals surface area contributed by atoms with Crippen LogP contribution in [-0.2, 0) is 16.2 Å². The molecule has 0 amide bonds. The van der Waals surface area contributed by atoms with E-state index in [1.165, 1.54) is 18.2 Å². The molecule has 0 radical (unpaired) electrons. The molecular formula is C26H20BrF3N2O4S. The van der Waals surface area contributed by atoms with Crippen LogP contribution in [0.15, 0.2) is 76.1 Å². The summed E-state index contributed by atoms with van der Waals surface area (Å²) >= 11 is 3.65. The van der Waals surface area contributed by atoms with E-state index >= 15 is 0 Å². The molecule has 0 saturated heterocycles. The first-order valence-electron chi connectivity index (χ1n) is 11.5. The van der Waals surface area contributed by atoms with Crippen molar-refractivity contribution in [3.05, 3.63) is 87.9 Å². The van der Waals surface area contributed by atoms with Gasteiger partial charge in [-0.05, 0) is 72.0 Å². The Morgan fingerprint density at radius 3 is 2.57 bits per heavy atom. The second-order valence-electron chi connectivity index (χ2n) is 9.14. The van der Waals surface area contributed by atoms with Crippen LogP contribution >= 0.6 is 15.9 Å². The van der Waals surface area contributed by atoms with Crippen LogP contribution in [0, 0.1) is 5.92 Å². The van der Waals surface area contributed by atoms with Crippen molar-refractivity contribution >= 4 is 37.3 Å². The Morgan fingerprint density at radius 2 is 1.78 bits per heavy atom. The minimum atomic E-state index is -4.58. The minimum absolute atomic E-state index is 0.0211. The number of hydrogen-bond donors (Lipinski definition) is 2. The molecule has 2 heterocycles. The molecular weight excluding hydrogens is 573 g/mol. The lowest BCUT2D eigenvalue weighted by atomic mass is 9.77. The fourth-order valence-electron chi connectivity index (χ4n) is 5.19. The van der Waals surface area contributed by atoms with Gasteiger partial charge in [0.05, 0.1) is 16.5 Å². The fraction of sp³-hybridized carbons (Fsp3) is 0.231. The van der Waals surface area contributed by atoms with Crippen LogP contribution in [0.25, 0.3) is 0 Å². The summed E-state index contributed by atoms with van der Waals surface area (Å²) in [7, 11) is -4.12. The number of benzene rings is 3. The Hall–Kier alpha value is -3.18. The molecule has 6 nitrogen and oxygen atoms in total. The number of anilines is 2. The predicted molar refractivity (Wildman–Crippen MR) is 135 cm³/mol. The topological polar surface area (TPSA) is 76.7 Å². The molecule has 0 saturated carbocycles. The van der Waals surface area contributed by atoms with Gasteiger partial charge in [-0.3, -0.25) is 4.72 Å². The number of halogens is 4. The normalized spacial score (nSPS) is 21.8. The maximum Gasteiger partial charge on any atom is 0.416 e. The molecule has 1 aliphatic carbocycles. The van der Waals surface area contributed by atoms with Crippen molar-refractivity contribution in [2.75, 3.05) is 16.8 Å². The summed E-state index contributed by atoms with van der Waals surface area (Å²) in [5.41, 5.74) is 1.54. The van der Waals surface area contributed by atoms with Gasteiger partial charge in [-0.25, -0.2) is 8.42 Å². The van der Waals surface area contributed by atoms with Gasteiger partial charge in [-0.2, -0.15) is 13.2 Å². The van der Waals surface area contributed by atoms with Gasteiger partial charge in [0.2, 0.25) is 6.79 Å². The van der Waals surface area contributed by atoms with Crippen LogP contribution in [0.3, 0.4) is 0 Å². The van der Waals surface area contributed by atoms with E-state index in [1.807, 2.05) is 12.1 Å². The molecule has 0 aromatic heterocycles. The molecule has 2 aliphatic heterocycles. The van der Waals surface area contributed by atoms with E-state index in [-0.39, 0.29) is 35.3 Å². The Morgan fingerprint density at radius 1 is 1.00 bits per heavy atom. The summed E-state index contributed by atoms with van der Waals surface area (Å²) in [6.07, 6.45) is 0.380. The van der Waals surface area contributed by atoms with Crippen molar-refractivity contribution in [1.29, 1.82) is 0 Å². The van der Waals surface area contributed by atoms with E-state index in [4.69, 9.17) is 9.47 Å². The van der Waals surface area contributed by atoms with Gasteiger partial charge in [0.25, 0.3) is 10.0 Å². The summed E-state index contributed by atoms with van der Waals surface area (Å²) in [6.45, 7) is 0.172. The van der Waals surface area contributed by atoms with E-state index in [1.54, 1.807) is 12.1 Å². The number of nitrogens with one attached hydrogen (secondary N) is 2. The first-order valence-corrected chi connectivity index (χ1v) is 13.7. The number of ether oxygens (including phenoxy) is 2. The Bertz CT molecular complexity index is 1540. The highest BCUT2D eigenvalue weighted by Gasteiger charge is 2.40. The number of sulfonamides is 1. The highest BCUT2D eigenvalue weighted by molar-refractivity contribution is 9.10. The van der Waals surface area contributed by atoms with Gasteiger partial charge in [0.15, 0.2) is 11.5 Å². The van der Waals surface area contributed by atoms with Crippen LogP contribution in [0.4, 0.5) is 24.5 Å². The van der Waals surface area contributed by atoms with Crippen molar-refractivity contribution in [1.82, 2.24) is 0 Å². The van der Waals surface area contributed by atoms with E-state index in [0.29, 0.717) is 11.5 Å². The molecule has 3 atom stereocenters. The minimum Gasteiger partial charge on any atom is -0.454 e. The van der Waals surface area contributed by atoms with Crippen molar-refractivity contribution in [2.24, 2.45) is 5.92 Å². The molecule has 0 spiro atoms. The standard InChI is InChI=1S/C26H20BrF3N2O4S/c27-21-12-24-23(35-13-36-24)11-20(21)25-18-6-2-5-17(18)19-10-16(7-8-22(19)31-25)37(33,34)32-15-4-1-3-14(9-15)26(28,29)30/h1-5,7-12,17-18,25,31-32H,6,13H2/t17-,18+,25-/m0/s1. The monoisotopic (exact) mass is 592 g/mol. The second kappa shape index (κ2) is 8.70. The molecule has 11 heteroatoms. The third kappa shape index (κ3) is 4.33. The third-order valence-corrected chi connectivity index (χ3v) is 8.98. The molecule has 0 fully saturated rings. The Labute approximate surface area is 219 Å². The van der Waals surface area contributed by atoms with Gasteiger partial charge in [0, 0.05) is 21.8 Å². The first kappa shape index (κ1) is 24.2. The summed E-state index contributed by atoms with van der Waals surface area (Å²) in [4.78, 5) is -0.0211. The van der Waals surface area contributed by atoms with E-state index < -0.39 is 21.8 Å². The number of hydrogen-bond acceptors (Lipinski definition) is 5. The lowest BCUT2D eigenvalue weighted by Gasteiger charge is -2.38. The molecule has 3 aliphatic rings. The van der Waals surface area contributed by atoms with E-state index in [9.17, 15) is 21.6 Å². The van der Waals surface area contributed by atoms with Crippen LogP contribution in [-0.4, -0.2) is 15.2 Å². The van der Waals surface area contributed by atoms with Crippen molar-refractivity contribution in [2.45, 2.75) is 29.5 Å². The molecule has 3 aromatic rings. The lowest BCUT2D eigenvalue weighted by Crippen LogP contribution is -2.29. The van der Waals surface area contributed by atoms with Crippen LogP contribution in [0.1, 0.15) is 35.1 Å². The highest BCUT2D eigenvalue weighted by atomic mass is 79.9. The van der Waals surface area contributed by atoms with Crippen molar-refractivity contribution in [3.63, 3.8) is 0 Å². The number of rotatable bonds is 4. The Balaban J connectivity index is 1.32. The molecule has 2 N–H and O–H groups in total. The lowest BCUT2D eigenvalue weighted by molar-refractivity contribution is -0.137.